The van der Waals surface area contributed by atoms with Crippen LogP contribution in [0.3, 0.4) is 0 Å². The number of nitrogens with one attached hydrogen (secondary N) is 1. The third kappa shape index (κ3) is 5.24. The first kappa shape index (κ1) is 14.1. The number of halogens is 1. The molecule has 0 aliphatic heterocycles. The van der Waals surface area contributed by atoms with Crippen molar-refractivity contribution in [3.63, 3.8) is 0 Å². The Morgan fingerprint density at radius 1 is 1.35 bits per heavy atom. The van der Waals surface area contributed by atoms with Crippen LogP contribution in [0.15, 0.2) is 18.5 Å². The smallest absolute Gasteiger partial charge is 0.141 e. The van der Waals surface area contributed by atoms with Gasteiger partial charge in [-0.25, -0.2) is 4.39 Å². The monoisotopic (exact) mass is 240 g/mol. The van der Waals surface area contributed by atoms with Crippen LogP contribution in [0.2, 0.25) is 0 Å². The molecule has 1 aromatic rings. The van der Waals surface area contributed by atoms with E-state index in [0.717, 1.165) is 31.6 Å². The molecule has 3 nitrogen and oxygen atoms in total. The summed E-state index contributed by atoms with van der Waals surface area (Å²) in [6.07, 6.45) is 4.92. The van der Waals surface area contributed by atoms with Gasteiger partial charge in [0.15, 0.2) is 0 Å². The highest BCUT2D eigenvalue weighted by Gasteiger charge is 2.11. The fourth-order valence-electron chi connectivity index (χ4n) is 1.56. The molecule has 0 spiro atoms. The van der Waals surface area contributed by atoms with Gasteiger partial charge in [0, 0.05) is 12.8 Å². The second-order valence-corrected chi connectivity index (χ2v) is 4.02. The van der Waals surface area contributed by atoms with Crippen molar-refractivity contribution >= 4 is 0 Å². The summed E-state index contributed by atoms with van der Waals surface area (Å²) in [5, 5.41) is 3.34. The third-order valence-corrected chi connectivity index (χ3v) is 2.40. The number of nitrogens with zero attached hydrogens (tertiary/aromatic N) is 1. The summed E-state index contributed by atoms with van der Waals surface area (Å²) in [4.78, 5) is 3.87. The van der Waals surface area contributed by atoms with Crippen LogP contribution in [0.1, 0.15) is 38.3 Å². The second-order valence-electron chi connectivity index (χ2n) is 4.02. The molecule has 0 aromatic carbocycles. The van der Waals surface area contributed by atoms with Crippen LogP contribution in [-0.4, -0.2) is 24.7 Å². The van der Waals surface area contributed by atoms with E-state index >= 15 is 0 Å². The van der Waals surface area contributed by atoms with Gasteiger partial charge in [-0.15, -0.1) is 0 Å². The lowest BCUT2D eigenvalue weighted by Crippen LogP contribution is -2.26. The molecule has 1 unspecified atom stereocenters. The first-order valence-electron chi connectivity index (χ1n) is 6.19. The number of ether oxygens (including phenoxy) is 1. The van der Waals surface area contributed by atoms with Crippen LogP contribution in [0.25, 0.3) is 0 Å². The van der Waals surface area contributed by atoms with Crippen LogP contribution < -0.4 is 5.32 Å². The molecule has 1 atom stereocenters. The molecule has 0 saturated heterocycles. The van der Waals surface area contributed by atoms with E-state index in [1.54, 1.807) is 6.20 Å². The highest BCUT2D eigenvalue weighted by Crippen LogP contribution is 2.13. The van der Waals surface area contributed by atoms with Gasteiger partial charge in [0.2, 0.25) is 0 Å². The molecule has 1 N–H and O–H groups in total. The van der Waals surface area contributed by atoms with E-state index in [1.807, 2.05) is 0 Å². The Bertz CT molecular complexity index is 320. The summed E-state index contributed by atoms with van der Waals surface area (Å²) in [6, 6.07) is 1.53. The Balaban J connectivity index is 2.60. The molecule has 1 aromatic heterocycles. The zero-order valence-electron chi connectivity index (χ0n) is 10.6. The molecule has 96 valence electrons. The Labute approximate surface area is 102 Å². The van der Waals surface area contributed by atoms with Crippen molar-refractivity contribution in [1.82, 2.24) is 10.3 Å². The molecule has 0 amide bonds. The summed E-state index contributed by atoms with van der Waals surface area (Å²) in [7, 11) is 0. The topological polar surface area (TPSA) is 34.1 Å². The number of hydrogen-bond donors (Lipinski definition) is 1. The fraction of sp³-hybridized carbons (Fsp3) is 0.615. The maximum atomic E-state index is 13.1. The maximum Gasteiger partial charge on any atom is 0.141 e. The molecule has 0 saturated carbocycles. The van der Waals surface area contributed by atoms with Gasteiger partial charge in [-0.1, -0.05) is 13.8 Å². The van der Waals surface area contributed by atoms with E-state index in [0.29, 0.717) is 6.61 Å². The van der Waals surface area contributed by atoms with Crippen LogP contribution in [0, 0.1) is 5.82 Å². The highest BCUT2D eigenvalue weighted by molar-refractivity contribution is 5.15. The zero-order valence-corrected chi connectivity index (χ0v) is 10.6. The van der Waals surface area contributed by atoms with E-state index in [4.69, 9.17) is 4.74 Å². The summed E-state index contributed by atoms with van der Waals surface area (Å²) in [5.41, 5.74) is 0.842. The minimum atomic E-state index is -0.304. The molecule has 0 bridgehead atoms. The summed E-state index contributed by atoms with van der Waals surface area (Å²) < 4.78 is 18.6. The lowest BCUT2D eigenvalue weighted by atomic mass is 10.1. The van der Waals surface area contributed by atoms with Crippen molar-refractivity contribution in [2.75, 3.05) is 19.8 Å². The molecule has 0 radical (unpaired) electrons. The van der Waals surface area contributed by atoms with E-state index in [1.165, 1.54) is 12.3 Å². The molecule has 4 heteroatoms. The van der Waals surface area contributed by atoms with E-state index in [-0.39, 0.29) is 11.9 Å². The molecular weight excluding hydrogens is 219 g/mol. The highest BCUT2D eigenvalue weighted by atomic mass is 19.1. The molecule has 0 aliphatic rings. The summed E-state index contributed by atoms with van der Waals surface area (Å²) in [5.74, 6) is -0.304. The number of hydrogen-bond acceptors (Lipinski definition) is 3. The Hall–Kier alpha value is -1.00. The first-order valence-corrected chi connectivity index (χ1v) is 6.19. The molecule has 0 fully saturated rings. The predicted molar refractivity (Wildman–Crippen MR) is 66.3 cm³/mol. The van der Waals surface area contributed by atoms with E-state index in [9.17, 15) is 4.39 Å². The van der Waals surface area contributed by atoms with Gasteiger partial charge in [0.05, 0.1) is 18.8 Å². The van der Waals surface area contributed by atoms with Crippen molar-refractivity contribution < 1.29 is 9.13 Å². The van der Waals surface area contributed by atoms with Crippen LogP contribution in [0.4, 0.5) is 4.39 Å². The Morgan fingerprint density at radius 2 is 2.18 bits per heavy atom. The van der Waals surface area contributed by atoms with Crippen molar-refractivity contribution in [3.8, 4) is 0 Å². The number of aromatic nitrogens is 1. The van der Waals surface area contributed by atoms with Gasteiger partial charge in [-0.2, -0.15) is 0 Å². The third-order valence-electron chi connectivity index (χ3n) is 2.40. The molecular formula is C13H21FN2O. The Morgan fingerprint density at radius 3 is 2.82 bits per heavy atom. The first-order chi connectivity index (χ1) is 8.27. The van der Waals surface area contributed by atoms with Gasteiger partial charge in [-0.05, 0) is 31.0 Å². The molecule has 1 heterocycles. The standard InChI is InChI=1S/C13H21FN2O/c1-3-5-16-13(10-17-6-4-2)11-7-12(14)9-15-8-11/h7-9,13,16H,3-6,10H2,1-2H3. The van der Waals surface area contributed by atoms with Gasteiger partial charge in [0.25, 0.3) is 0 Å². The SMILES string of the molecule is CCCNC(COCCC)c1cncc(F)c1. The van der Waals surface area contributed by atoms with Gasteiger partial charge >= 0.3 is 0 Å². The molecule has 0 aliphatic carbocycles. The lowest BCUT2D eigenvalue weighted by molar-refractivity contribution is 0.112. The Kier molecular flexibility index (Phi) is 6.74. The van der Waals surface area contributed by atoms with Gasteiger partial charge in [-0.3, -0.25) is 4.98 Å². The van der Waals surface area contributed by atoms with Crippen LogP contribution >= 0.6 is 0 Å². The zero-order chi connectivity index (χ0) is 12.5. The maximum absolute atomic E-state index is 13.1. The van der Waals surface area contributed by atoms with Crippen molar-refractivity contribution in [3.05, 3.63) is 29.8 Å². The lowest BCUT2D eigenvalue weighted by Gasteiger charge is -2.18. The molecule has 17 heavy (non-hydrogen) atoms. The van der Waals surface area contributed by atoms with Crippen molar-refractivity contribution in [2.24, 2.45) is 0 Å². The summed E-state index contributed by atoms with van der Waals surface area (Å²) >= 11 is 0. The average molecular weight is 240 g/mol. The number of rotatable bonds is 8. The van der Waals surface area contributed by atoms with Gasteiger partial charge < -0.3 is 10.1 Å². The van der Waals surface area contributed by atoms with E-state index < -0.39 is 0 Å². The van der Waals surface area contributed by atoms with Gasteiger partial charge in [0.1, 0.15) is 5.82 Å². The second kappa shape index (κ2) is 8.14. The normalized spacial score (nSPS) is 12.6. The number of pyridine rings is 1. The minimum Gasteiger partial charge on any atom is -0.379 e. The van der Waals surface area contributed by atoms with Crippen LogP contribution in [0.5, 0.6) is 0 Å². The quantitative estimate of drug-likeness (QED) is 0.709. The summed E-state index contributed by atoms with van der Waals surface area (Å²) in [6.45, 7) is 6.34. The van der Waals surface area contributed by atoms with Crippen molar-refractivity contribution in [1.29, 1.82) is 0 Å². The molecule has 1 rings (SSSR count). The minimum absolute atomic E-state index is 0.0182. The fourth-order valence-corrected chi connectivity index (χ4v) is 1.56. The predicted octanol–water partition coefficient (Wildman–Crippen LogP) is 2.69. The van der Waals surface area contributed by atoms with E-state index in [2.05, 4.69) is 24.1 Å². The van der Waals surface area contributed by atoms with Crippen LogP contribution in [-0.2, 0) is 4.74 Å². The largest absolute Gasteiger partial charge is 0.379 e. The van der Waals surface area contributed by atoms with Crippen molar-refractivity contribution in [2.45, 2.75) is 32.7 Å². The average Bonchev–Trinajstić information content (AvgIpc) is 2.33.